The maximum Gasteiger partial charge on any atom is 0.116 e. The molecule has 246 valence electrons. The van der Waals surface area contributed by atoms with E-state index in [1.165, 1.54) is 70.9 Å². The molecule has 0 saturated carbocycles. The first kappa shape index (κ1) is 29.6. The Labute approximate surface area is 307 Å². The van der Waals surface area contributed by atoms with Crippen molar-refractivity contribution in [3.8, 4) is 44.6 Å². The normalized spacial score (nSPS) is 12.1. The summed E-state index contributed by atoms with van der Waals surface area (Å²) in [4.78, 5) is 11.7. The fraction of sp³-hybridized carbons (Fsp3) is 0. The summed E-state index contributed by atoms with van der Waals surface area (Å²) in [6.07, 6.45) is 3.60. The van der Waals surface area contributed by atoms with E-state index in [4.69, 9.17) is 4.98 Å². The van der Waals surface area contributed by atoms with Gasteiger partial charge in [-0.2, -0.15) is 0 Å². The number of benzene rings is 9. The van der Waals surface area contributed by atoms with E-state index in [-0.39, 0.29) is 0 Å². The van der Waals surface area contributed by atoms with Crippen molar-refractivity contribution in [2.75, 3.05) is 4.90 Å². The Kier molecular flexibility index (Phi) is 6.55. The highest BCUT2D eigenvalue weighted by Crippen LogP contribution is 2.51. The second-order valence-corrected chi connectivity index (χ2v) is 13.8. The molecule has 1 aliphatic rings. The van der Waals surface area contributed by atoms with Gasteiger partial charge in [0.15, 0.2) is 0 Å². The van der Waals surface area contributed by atoms with Crippen molar-refractivity contribution in [2.24, 2.45) is 0 Å². The molecule has 1 aromatic heterocycles. The predicted molar refractivity (Wildman–Crippen MR) is 222 cm³/mol. The molecule has 0 unspecified atom stereocenters. The van der Waals surface area contributed by atoms with Crippen LogP contribution in [0.3, 0.4) is 0 Å². The van der Waals surface area contributed by atoms with Gasteiger partial charge in [0.1, 0.15) is 6.33 Å². The Balaban J connectivity index is 1.03. The molecule has 0 aliphatic carbocycles. The molecule has 3 heteroatoms. The fourth-order valence-corrected chi connectivity index (χ4v) is 8.47. The molecule has 1 aliphatic heterocycles. The maximum atomic E-state index is 4.88. The minimum absolute atomic E-state index is 0.936. The molecule has 0 fully saturated rings. The smallest absolute Gasteiger partial charge is 0.116 e. The fourth-order valence-electron chi connectivity index (χ4n) is 8.47. The van der Waals surface area contributed by atoms with Crippen LogP contribution in [0, 0.1) is 0 Å². The number of aromatic nitrogens is 2. The summed E-state index contributed by atoms with van der Waals surface area (Å²) in [6.45, 7) is 0. The lowest BCUT2D eigenvalue weighted by Gasteiger charge is -2.32. The van der Waals surface area contributed by atoms with E-state index in [1.54, 1.807) is 6.33 Å². The molecular formula is C50H31N3. The molecular weight excluding hydrogens is 643 g/mol. The minimum Gasteiger partial charge on any atom is -0.306 e. The van der Waals surface area contributed by atoms with Gasteiger partial charge < -0.3 is 4.90 Å². The Bertz CT molecular complexity index is 3040. The Hall–Kier alpha value is -7.10. The minimum atomic E-state index is 0.936. The van der Waals surface area contributed by atoms with Gasteiger partial charge in [-0.15, -0.1) is 0 Å². The van der Waals surface area contributed by atoms with E-state index in [1.807, 2.05) is 6.20 Å². The van der Waals surface area contributed by atoms with E-state index in [0.29, 0.717) is 0 Å². The first-order valence-corrected chi connectivity index (χ1v) is 18.1. The van der Waals surface area contributed by atoms with Crippen LogP contribution < -0.4 is 4.90 Å². The van der Waals surface area contributed by atoms with Gasteiger partial charge in [-0.25, -0.2) is 9.97 Å². The van der Waals surface area contributed by atoms with E-state index in [0.717, 1.165) is 33.9 Å². The SMILES string of the molecule is c1ccc(-c2cc3c4c(cccc4c2)N(c2cccc(-c4cccc(-c5ccc6c7ccccc7c7ccccc7c6c5)c4)c2)c2cncnc2-3)cc1. The van der Waals surface area contributed by atoms with Crippen molar-refractivity contribution in [3.05, 3.63) is 188 Å². The highest BCUT2D eigenvalue weighted by molar-refractivity contribution is 6.25. The van der Waals surface area contributed by atoms with Gasteiger partial charge in [-0.05, 0) is 114 Å². The largest absolute Gasteiger partial charge is 0.306 e. The van der Waals surface area contributed by atoms with Crippen LogP contribution in [-0.4, -0.2) is 9.97 Å². The number of hydrogen-bond acceptors (Lipinski definition) is 3. The molecule has 10 aromatic rings. The summed E-state index contributed by atoms with van der Waals surface area (Å²) in [5, 5.41) is 10.1. The van der Waals surface area contributed by atoms with E-state index < -0.39 is 0 Å². The van der Waals surface area contributed by atoms with Crippen molar-refractivity contribution in [3.63, 3.8) is 0 Å². The van der Waals surface area contributed by atoms with Gasteiger partial charge in [-0.1, -0.05) is 133 Å². The van der Waals surface area contributed by atoms with Crippen molar-refractivity contribution >= 4 is 60.2 Å². The first-order valence-electron chi connectivity index (χ1n) is 18.1. The topological polar surface area (TPSA) is 29.0 Å². The second-order valence-electron chi connectivity index (χ2n) is 13.8. The van der Waals surface area contributed by atoms with Crippen LogP contribution >= 0.6 is 0 Å². The van der Waals surface area contributed by atoms with Crippen molar-refractivity contribution in [1.82, 2.24) is 9.97 Å². The number of anilines is 3. The molecule has 2 heterocycles. The zero-order valence-corrected chi connectivity index (χ0v) is 28.7. The molecule has 0 amide bonds. The van der Waals surface area contributed by atoms with Crippen LogP contribution in [0.25, 0.3) is 87.7 Å². The molecule has 53 heavy (non-hydrogen) atoms. The monoisotopic (exact) mass is 673 g/mol. The average molecular weight is 674 g/mol. The number of hydrogen-bond donors (Lipinski definition) is 0. The predicted octanol–water partition coefficient (Wildman–Crippen LogP) is 13.5. The Morgan fingerprint density at radius 2 is 0.981 bits per heavy atom. The zero-order valence-electron chi connectivity index (χ0n) is 28.7. The summed E-state index contributed by atoms with van der Waals surface area (Å²) < 4.78 is 0. The summed E-state index contributed by atoms with van der Waals surface area (Å²) >= 11 is 0. The van der Waals surface area contributed by atoms with Crippen LogP contribution in [-0.2, 0) is 0 Å². The summed E-state index contributed by atoms with van der Waals surface area (Å²) in [5.41, 5.74) is 12.3. The first-order chi connectivity index (χ1) is 26.3. The lowest BCUT2D eigenvalue weighted by Crippen LogP contribution is -2.16. The molecule has 0 spiro atoms. The van der Waals surface area contributed by atoms with Crippen LogP contribution in [0.15, 0.2) is 188 Å². The quantitative estimate of drug-likeness (QED) is 0.174. The number of rotatable bonds is 4. The van der Waals surface area contributed by atoms with Crippen LogP contribution in [0.2, 0.25) is 0 Å². The lowest BCUT2D eigenvalue weighted by atomic mass is 9.90. The van der Waals surface area contributed by atoms with Crippen LogP contribution in [0.4, 0.5) is 17.1 Å². The average Bonchev–Trinajstić information content (AvgIpc) is 3.24. The molecule has 0 radical (unpaired) electrons. The van der Waals surface area contributed by atoms with Crippen LogP contribution in [0.1, 0.15) is 0 Å². The molecule has 0 bridgehead atoms. The third-order valence-electron chi connectivity index (χ3n) is 10.9. The third kappa shape index (κ3) is 4.68. The van der Waals surface area contributed by atoms with Gasteiger partial charge in [-0.3, -0.25) is 0 Å². The second kappa shape index (κ2) is 11.7. The molecule has 0 N–H and O–H groups in total. The number of nitrogens with zero attached hydrogens (tertiary/aromatic N) is 3. The van der Waals surface area contributed by atoms with E-state index in [9.17, 15) is 0 Å². The summed E-state index contributed by atoms with van der Waals surface area (Å²) in [7, 11) is 0. The highest BCUT2D eigenvalue weighted by atomic mass is 15.2. The molecule has 0 atom stereocenters. The van der Waals surface area contributed by atoms with E-state index >= 15 is 0 Å². The maximum absolute atomic E-state index is 4.88. The number of fused-ring (bicyclic) bond motifs is 8. The van der Waals surface area contributed by atoms with Gasteiger partial charge in [0, 0.05) is 16.6 Å². The van der Waals surface area contributed by atoms with Crippen molar-refractivity contribution in [2.45, 2.75) is 0 Å². The molecule has 3 nitrogen and oxygen atoms in total. The van der Waals surface area contributed by atoms with Gasteiger partial charge >= 0.3 is 0 Å². The standard InChI is InChI=1S/C50H31N3/c1-2-11-32(12-3-1)38-26-37-16-10-22-47-49(37)46(29-38)50-48(30-51-31-52-50)53(47)39-17-9-15-35(27-39)33-13-8-14-34(25-33)36-23-24-44-42-20-5-4-18-40(42)41-19-6-7-21-43(41)45(44)28-36/h1-31H. The van der Waals surface area contributed by atoms with Gasteiger partial charge in [0.2, 0.25) is 0 Å². The highest BCUT2D eigenvalue weighted by Gasteiger charge is 2.28. The zero-order chi connectivity index (χ0) is 34.9. The molecule has 0 saturated heterocycles. The van der Waals surface area contributed by atoms with E-state index in [2.05, 4.69) is 186 Å². The van der Waals surface area contributed by atoms with Crippen molar-refractivity contribution in [1.29, 1.82) is 0 Å². The van der Waals surface area contributed by atoms with Gasteiger partial charge in [0.05, 0.1) is 23.3 Å². The molecule has 9 aromatic carbocycles. The Morgan fingerprint density at radius 1 is 0.377 bits per heavy atom. The van der Waals surface area contributed by atoms with Crippen molar-refractivity contribution < 1.29 is 0 Å². The Morgan fingerprint density at radius 3 is 1.74 bits per heavy atom. The van der Waals surface area contributed by atoms with Gasteiger partial charge in [0.25, 0.3) is 0 Å². The summed E-state index contributed by atoms with van der Waals surface area (Å²) in [5.74, 6) is 0. The van der Waals surface area contributed by atoms with Crippen LogP contribution in [0.5, 0.6) is 0 Å². The summed E-state index contributed by atoms with van der Waals surface area (Å²) in [6, 6.07) is 63.9. The molecule has 11 rings (SSSR count). The third-order valence-corrected chi connectivity index (χ3v) is 10.9. The lowest BCUT2D eigenvalue weighted by molar-refractivity contribution is 1.13.